The number of fused-ring (bicyclic) bond motifs is 1. The molecule has 2 aromatic rings. The monoisotopic (exact) mass is 412 g/mol. The molecule has 2 heterocycles. The summed E-state index contributed by atoms with van der Waals surface area (Å²) in [6, 6.07) is 0. The summed E-state index contributed by atoms with van der Waals surface area (Å²) in [5.41, 5.74) is 7.22. The number of ether oxygens (including phenoxy) is 1. The van der Waals surface area contributed by atoms with Crippen LogP contribution in [-0.2, 0) is 16.0 Å². The third kappa shape index (κ3) is 4.37. The minimum Gasteiger partial charge on any atom is -0.493 e. The van der Waals surface area contributed by atoms with Crippen LogP contribution in [0.3, 0.4) is 0 Å². The highest BCUT2D eigenvalue weighted by Gasteiger charge is 2.21. The fourth-order valence-electron chi connectivity index (χ4n) is 3.08. The van der Waals surface area contributed by atoms with Crippen molar-refractivity contribution in [2.75, 3.05) is 12.8 Å². The van der Waals surface area contributed by atoms with E-state index in [2.05, 4.69) is 23.6 Å². The summed E-state index contributed by atoms with van der Waals surface area (Å²) in [5, 5.41) is 5.43. The van der Waals surface area contributed by atoms with Gasteiger partial charge in [0.1, 0.15) is 10.8 Å². The van der Waals surface area contributed by atoms with E-state index in [4.69, 9.17) is 10.5 Å². The second-order valence-electron chi connectivity index (χ2n) is 6.71. The lowest BCUT2D eigenvalue weighted by atomic mass is 9.95. The Hall–Kier alpha value is -3.00. The van der Waals surface area contributed by atoms with E-state index in [0.29, 0.717) is 22.5 Å². The molecule has 152 valence electrons. The molecule has 2 aromatic heterocycles. The fraction of sp³-hybridized carbons (Fsp3) is 0.333. The molecule has 0 saturated carbocycles. The molecule has 2 N–H and O–H groups in total. The number of rotatable bonds is 8. The number of nitrogen functional groups attached to an aromatic ring is 1. The Labute approximate surface area is 172 Å². The highest BCUT2D eigenvalue weighted by atomic mass is 32.1. The van der Waals surface area contributed by atoms with Gasteiger partial charge in [-0.15, -0.1) is 6.58 Å². The van der Waals surface area contributed by atoms with Crippen molar-refractivity contribution in [3.63, 3.8) is 0 Å². The van der Waals surface area contributed by atoms with E-state index in [9.17, 15) is 9.59 Å². The summed E-state index contributed by atoms with van der Waals surface area (Å²) >= 11 is 1.38. The third-order valence-corrected chi connectivity index (χ3v) is 5.55. The van der Waals surface area contributed by atoms with Crippen LogP contribution in [0.25, 0.3) is 11.0 Å². The molecule has 0 bridgehead atoms. The van der Waals surface area contributed by atoms with Gasteiger partial charge >= 0.3 is 0 Å². The Balaban J connectivity index is 2.04. The molecule has 0 aliphatic heterocycles. The van der Waals surface area contributed by atoms with E-state index in [1.165, 1.54) is 23.0 Å². The first-order chi connectivity index (χ1) is 14.0. The van der Waals surface area contributed by atoms with Gasteiger partial charge in [-0.05, 0) is 36.6 Å². The minimum atomic E-state index is -0.429. The lowest BCUT2D eigenvalue weighted by molar-refractivity contribution is -0.115. The molecule has 1 aliphatic rings. The zero-order valence-corrected chi connectivity index (χ0v) is 17.4. The van der Waals surface area contributed by atoms with Gasteiger partial charge in [-0.1, -0.05) is 37.2 Å². The van der Waals surface area contributed by atoms with Crippen LogP contribution in [0.5, 0.6) is 0 Å². The molecule has 0 radical (unpaired) electrons. The molecule has 7 nitrogen and oxygen atoms in total. The summed E-state index contributed by atoms with van der Waals surface area (Å²) in [4.78, 5) is 29.5. The highest BCUT2D eigenvalue weighted by molar-refractivity contribution is 7.16. The molecule has 0 amide bonds. The molecular formula is C21H24N4O3S. The molecule has 0 unspecified atom stereocenters. The second kappa shape index (κ2) is 9.00. The molecule has 29 heavy (non-hydrogen) atoms. The number of aromatic nitrogens is 3. The van der Waals surface area contributed by atoms with Crippen LogP contribution in [0, 0.1) is 0 Å². The van der Waals surface area contributed by atoms with Gasteiger partial charge in [0.2, 0.25) is 10.7 Å². The number of carbonyl (C=O) groups excluding carboxylic acids is 1. The van der Waals surface area contributed by atoms with Crippen LogP contribution in [0.15, 0.2) is 46.5 Å². The minimum absolute atomic E-state index is 0.195. The summed E-state index contributed by atoms with van der Waals surface area (Å²) in [7, 11) is 1.43. The number of Topliss-reactive ketones (excluding diaryl/α,β-unsaturated/α-hetero) is 1. The number of hydrogen-bond acceptors (Lipinski definition) is 7. The van der Waals surface area contributed by atoms with Crippen LogP contribution in [0.2, 0.25) is 0 Å². The number of unbranched alkanes of at least 4 members (excludes halogenated alkanes) is 2. The van der Waals surface area contributed by atoms with Crippen molar-refractivity contribution in [2.24, 2.45) is 0 Å². The Bertz CT molecular complexity index is 1110. The number of anilines is 1. The molecule has 8 heteroatoms. The van der Waals surface area contributed by atoms with Crippen molar-refractivity contribution >= 4 is 34.0 Å². The van der Waals surface area contributed by atoms with Gasteiger partial charge in [0.25, 0.3) is 5.56 Å². The van der Waals surface area contributed by atoms with Crippen molar-refractivity contribution in [1.29, 1.82) is 0 Å². The lowest BCUT2D eigenvalue weighted by Gasteiger charge is -2.14. The van der Waals surface area contributed by atoms with Crippen LogP contribution < -0.4 is 11.3 Å². The van der Waals surface area contributed by atoms with Crippen molar-refractivity contribution in [2.45, 2.75) is 39.0 Å². The predicted octanol–water partition coefficient (Wildman–Crippen LogP) is 3.46. The molecule has 0 fully saturated rings. The molecule has 0 spiro atoms. The Kier molecular flexibility index (Phi) is 6.43. The zero-order chi connectivity index (χ0) is 21.0. The summed E-state index contributed by atoms with van der Waals surface area (Å²) in [6.45, 7) is 5.82. The molecule has 3 rings (SSSR count). The largest absolute Gasteiger partial charge is 0.493 e. The maximum atomic E-state index is 12.6. The molecule has 1 aliphatic carbocycles. The smallest absolute Gasteiger partial charge is 0.283 e. The maximum absolute atomic E-state index is 12.6. The topological polar surface area (TPSA) is 99.6 Å². The van der Waals surface area contributed by atoms with Crippen molar-refractivity contribution < 1.29 is 9.53 Å². The summed E-state index contributed by atoms with van der Waals surface area (Å²) in [6.07, 6.45) is 11.1. The van der Waals surface area contributed by atoms with E-state index >= 15 is 0 Å². The average molecular weight is 413 g/mol. The van der Waals surface area contributed by atoms with E-state index in [0.717, 1.165) is 30.7 Å². The number of carbonyl (C=O) groups is 1. The van der Waals surface area contributed by atoms with Gasteiger partial charge in [0.05, 0.1) is 12.7 Å². The maximum Gasteiger partial charge on any atom is 0.283 e. The van der Waals surface area contributed by atoms with E-state index in [-0.39, 0.29) is 22.9 Å². The fourth-order valence-corrected chi connectivity index (χ4v) is 4.01. The quantitative estimate of drug-likeness (QED) is 0.526. The average Bonchev–Trinajstić information content (AvgIpc) is 3.10. The predicted molar refractivity (Wildman–Crippen MR) is 116 cm³/mol. The van der Waals surface area contributed by atoms with Crippen molar-refractivity contribution in [3.05, 3.63) is 62.6 Å². The zero-order valence-electron chi connectivity index (χ0n) is 16.6. The van der Waals surface area contributed by atoms with E-state index in [1.54, 1.807) is 24.3 Å². The lowest BCUT2D eigenvalue weighted by Crippen LogP contribution is -2.17. The van der Waals surface area contributed by atoms with Gasteiger partial charge in [-0.2, -0.15) is 14.6 Å². The first-order valence-electron chi connectivity index (χ1n) is 9.50. The van der Waals surface area contributed by atoms with Crippen molar-refractivity contribution in [3.8, 4) is 0 Å². The summed E-state index contributed by atoms with van der Waals surface area (Å²) < 4.78 is 6.70. The van der Waals surface area contributed by atoms with E-state index in [1.807, 2.05) is 0 Å². The van der Waals surface area contributed by atoms with Crippen LogP contribution in [0.4, 0.5) is 5.82 Å². The van der Waals surface area contributed by atoms with Crippen LogP contribution in [0.1, 0.15) is 43.2 Å². The number of hydrogen-bond donors (Lipinski definition) is 1. The number of methoxy groups -OCH3 is 1. The van der Waals surface area contributed by atoms with Gasteiger partial charge < -0.3 is 10.5 Å². The highest BCUT2D eigenvalue weighted by Crippen LogP contribution is 2.25. The number of allylic oxidation sites excluding steroid dienone is 5. The number of nitrogens with two attached hydrogens (primary N) is 1. The second-order valence-corrected chi connectivity index (χ2v) is 7.75. The first kappa shape index (κ1) is 20.7. The molecular weight excluding hydrogens is 388 g/mol. The van der Waals surface area contributed by atoms with Crippen molar-refractivity contribution in [1.82, 2.24) is 14.6 Å². The van der Waals surface area contributed by atoms with E-state index < -0.39 is 5.56 Å². The number of aryl methyl sites for hydroxylation is 1. The summed E-state index contributed by atoms with van der Waals surface area (Å²) in [5.74, 6) is 0.239. The van der Waals surface area contributed by atoms with Crippen LogP contribution in [-0.4, -0.2) is 27.5 Å². The molecule has 0 atom stereocenters. The van der Waals surface area contributed by atoms with Gasteiger partial charge in [0, 0.05) is 12.0 Å². The first-order valence-corrected chi connectivity index (χ1v) is 10.3. The number of ketones is 1. The third-order valence-electron chi connectivity index (χ3n) is 4.58. The Morgan fingerprint density at radius 1 is 1.31 bits per heavy atom. The Morgan fingerprint density at radius 2 is 2.10 bits per heavy atom. The Morgan fingerprint density at radius 3 is 2.79 bits per heavy atom. The molecule has 0 saturated heterocycles. The van der Waals surface area contributed by atoms with Crippen LogP contribution >= 0.6 is 11.3 Å². The van der Waals surface area contributed by atoms with Gasteiger partial charge in [-0.3, -0.25) is 9.59 Å². The SMILES string of the molecule is C=CCC1=C/C(=C/c2c(N)n3nc(CCCCC)sc3nc2=O)C=C(OC)C1=O. The standard InChI is InChI=1S/C21H24N4O3S/c1-4-6-7-9-17-24-25-19(22)15(20(27)23-21(25)29-17)11-13-10-14(8-5-2)18(26)16(12-13)28-3/h5,10-12H,2,4,6-9,22H2,1,3H3/b13-11-. The van der Waals surface area contributed by atoms with Gasteiger partial charge in [-0.25, -0.2) is 0 Å². The molecule has 0 aromatic carbocycles. The number of nitrogens with zero attached hydrogens (tertiary/aromatic N) is 3. The normalized spacial score (nSPS) is 15.5. The van der Waals surface area contributed by atoms with Gasteiger partial charge in [0.15, 0.2) is 5.76 Å².